The first kappa shape index (κ1) is 24.0. The van der Waals surface area contributed by atoms with Gasteiger partial charge in [-0.1, -0.05) is 57.6 Å². The zero-order chi connectivity index (χ0) is 24.4. The lowest BCUT2D eigenvalue weighted by Crippen LogP contribution is -2.39. The first-order valence-corrected chi connectivity index (χ1v) is 12.2. The van der Waals surface area contributed by atoms with Crippen LogP contribution in [-0.4, -0.2) is 31.4 Å². The number of allylic oxidation sites excluding steroid dienone is 1. The maximum atomic E-state index is 13.7. The number of nitrogens with zero attached hydrogens (tertiary/aromatic N) is 2. The van der Waals surface area contributed by atoms with E-state index in [0.29, 0.717) is 32.1 Å². The highest BCUT2D eigenvalue weighted by molar-refractivity contribution is 9.10. The molecule has 0 saturated carbocycles. The number of ether oxygens (including phenoxy) is 3. The minimum atomic E-state index is -0.632. The molecule has 0 bridgehead atoms. The van der Waals surface area contributed by atoms with Crippen LogP contribution < -0.4 is 24.4 Å². The van der Waals surface area contributed by atoms with E-state index in [1.54, 1.807) is 50.8 Å². The summed E-state index contributed by atoms with van der Waals surface area (Å²) in [5, 5.41) is 0. The highest BCUT2D eigenvalue weighted by Crippen LogP contribution is 2.34. The second-order valence-corrected chi connectivity index (χ2v) is 9.31. The van der Waals surface area contributed by atoms with Gasteiger partial charge >= 0.3 is 5.97 Å². The highest BCUT2D eigenvalue weighted by atomic mass is 79.9. The van der Waals surface area contributed by atoms with Gasteiger partial charge in [-0.15, -0.1) is 0 Å². The number of aromatic nitrogens is 1. The van der Waals surface area contributed by atoms with Crippen LogP contribution in [0.2, 0.25) is 0 Å². The molecule has 1 aliphatic heterocycles. The molecule has 0 amide bonds. The summed E-state index contributed by atoms with van der Waals surface area (Å²) in [7, 11) is 3.12. The average molecular weight is 543 g/mol. The van der Waals surface area contributed by atoms with Gasteiger partial charge in [0, 0.05) is 4.47 Å². The summed E-state index contributed by atoms with van der Waals surface area (Å²) in [4.78, 5) is 31.7. The van der Waals surface area contributed by atoms with Crippen LogP contribution in [0.1, 0.15) is 31.0 Å². The number of halogens is 1. The summed E-state index contributed by atoms with van der Waals surface area (Å²) in [6, 6.07) is 12.4. The summed E-state index contributed by atoms with van der Waals surface area (Å²) in [6.07, 6.45) is 1.78. The molecular formula is C25H23BrN2O5S. The lowest BCUT2D eigenvalue weighted by molar-refractivity contribution is -0.139. The molecular weight excluding hydrogens is 520 g/mol. The molecule has 0 fully saturated rings. The van der Waals surface area contributed by atoms with Crippen LogP contribution in [0.4, 0.5) is 0 Å². The summed E-state index contributed by atoms with van der Waals surface area (Å²) >= 11 is 4.81. The van der Waals surface area contributed by atoms with Crippen molar-refractivity contribution in [3.63, 3.8) is 0 Å². The van der Waals surface area contributed by atoms with Crippen LogP contribution in [-0.2, 0) is 9.53 Å². The van der Waals surface area contributed by atoms with Crippen molar-refractivity contribution in [3.8, 4) is 11.5 Å². The van der Waals surface area contributed by atoms with Gasteiger partial charge in [-0.05, 0) is 43.2 Å². The number of hydrogen-bond acceptors (Lipinski definition) is 7. The zero-order valence-corrected chi connectivity index (χ0v) is 21.5. The fourth-order valence-electron chi connectivity index (χ4n) is 3.86. The molecule has 9 heteroatoms. The summed E-state index contributed by atoms with van der Waals surface area (Å²) in [5.41, 5.74) is 2.21. The van der Waals surface area contributed by atoms with Crippen LogP contribution in [0.15, 0.2) is 68.0 Å². The van der Waals surface area contributed by atoms with Crippen molar-refractivity contribution in [2.45, 2.75) is 19.9 Å². The van der Waals surface area contributed by atoms with Gasteiger partial charge in [-0.3, -0.25) is 9.36 Å². The molecule has 7 nitrogen and oxygen atoms in total. The van der Waals surface area contributed by atoms with Gasteiger partial charge in [0.2, 0.25) is 0 Å². The summed E-state index contributed by atoms with van der Waals surface area (Å²) in [5.74, 6) is 0.647. The van der Waals surface area contributed by atoms with Crippen molar-refractivity contribution in [3.05, 3.63) is 89.0 Å². The van der Waals surface area contributed by atoms with E-state index in [9.17, 15) is 9.59 Å². The standard InChI is InChI=1S/C25H23BrN2O5S/c1-5-33-24(30)21-14(2)27-25-28(22(21)15-9-7-6-8-10-15)23(29)20(34-25)12-16-11-18(31-3)19(32-4)13-17(16)26/h6-13,22H,5H2,1-4H3/b20-12-. The number of esters is 1. The number of carbonyl (C=O) groups excluding carboxylic acids is 1. The van der Waals surface area contributed by atoms with E-state index in [-0.39, 0.29) is 12.2 Å². The minimum Gasteiger partial charge on any atom is -0.493 e. The van der Waals surface area contributed by atoms with Crippen LogP contribution in [0, 0.1) is 0 Å². The lowest BCUT2D eigenvalue weighted by atomic mass is 9.96. The third-order valence-electron chi connectivity index (χ3n) is 5.42. The van der Waals surface area contributed by atoms with Gasteiger partial charge in [-0.25, -0.2) is 9.79 Å². The van der Waals surface area contributed by atoms with Gasteiger partial charge in [0.15, 0.2) is 16.3 Å². The van der Waals surface area contributed by atoms with Crippen LogP contribution in [0.25, 0.3) is 6.08 Å². The maximum absolute atomic E-state index is 13.7. The fourth-order valence-corrected chi connectivity index (χ4v) is 5.34. The smallest absolute Gasteiger partial charge is 0.338 e. The van der Waals surface area contributed by atoms with E-state index in [4.69, 9.17) is 14.2 Å². The SMILES string of the molecule is CCOC(=O)C1=C(C)N=c2s/c(=C\c3cc(OC)c(OC)cc3Br)c(=O)n2C1c1ccccc1. The molecule has 0 saturated heterocycles. The Hall–Kier alpha value is -3.17. The predicted octanol–water partition coefficient (Wildman–Crippen LogP) is 3.58. The monoisotopic (exact) mass is 542 g/mol. The Morgan fingerprint density at radius 1 is 1.18 bits per heavy atom. The molecule has 3 aromatic rings. The molecule has 0 N–H and O–H groups in total. The van der Waals surface area contributed by atoms with Crippen molar-refractivity contribution in [1.29, 1.82) is 0 Å². The van der Waals surface area contributed by atoms with Crippen molar-refractivity contribution in [1.82, 2.24) is 4.57 Å². The Labute approximate surface area is 208 Å². The average Bonchev–Trinajstić information content (AvgIpc) is 3.14. The number of benzene rings is 2. The number of methoxy groups -OCH3 is 2. The zero-order valence-electron chi connectivity index (χ0n) is 19.1. The van der Waals surface area contributed by atoms with Gasteiger partial charge in [0.1, 0.15) is 0 Å². The molecule has 1 aliphatic rings. The largest absolute Gasteiger partial charge is 0.493 e. The first-order valence-electron chi connectivity index (χ1n) is 10.6. The summed E-state index contributed by atoms with van der Waals surface area (Å²) in [6.45, 7) is 3.75. The van der Waals surface area contributed by atoms with E-state index in [2.05, 4.69) is 20.9 Å². The fraction of sp³-hybridized carbons (Fsp3) is 0.240. The molecule has 0 spiro atoms. The number of fused-ring (bicyclic) bond motifs is 1. The van der Waals surface area contributed by atoms with Crippen LogP contribution in [0.5, 0.6) is 11.5 Å². The van der Waals surface area contributed by atoms with Gasteiger partial charge in [-0.2, -0.15) is 0 Å². The predicted molar refractivity (Wildman–Crippen MR) is 134 cm³/mol. The Balaban J connectivity index is 1.95. The van der Waals surface area contributed by atoms with Gasteiger partial charge < -0.3 is 14.2 Å². The molecule has 176 valence electrons. The normalized spacial score (nSPS) is 15.6. The number of carbonyl (C=O) groups is 1. The van der Waals surface area contributed by atoms with Gasteiger partial charge in [0.05, 0.1) is 42.7 Å². The van der Waals surface area contributed by atoms with E-state index in [0.717, 1.165) is 15.6 Å². The molecule has 34 heavy (non-hydrogen) atoms. The minimum absolute atomic E-state index is 0.231. The van der Waals surface area contributed by atoms with Gasteiger partial charge in [0.25, 0.3) is 5.56 Å². The van der Waals surface area contributed by atoms with E-state index in [1.807, 2.05) is 30.3 Å². The third-order valence-corrected chi connectivity index (χ3v) is 7.09. The third kappa shape index (κ3) is 4.33. The second kappa shape index (κ2) is 9.99. The Kier molecular flexibility index (Phi) is 7.04. The van der Waals surface area contributed by atoms with E-state index < -0.39 is 12.0 Å². The Morgan fingerprint density at radius 2 is 1.85 bits per heavy atom. The maximum Gasteiger partial charge on any atom is 0.338 e. The molecule has 2 aromatic carbocycles. The highest BCUT2D eigenvalue weighted by Gasteiger charge is 2.33. The second-order valence-electron chi connectivity index (χ2n) is 7.44. The van der Waals surface area contributed by atoms with Crippen LogP contribution >= 0.6 is 27.3 Å². The molecule has 1 unspecified atom stereocenters. The van der Waals surface area contributed by atoms with Crippen molar-refractivity contribution < 1.29 is 19.0 Å². The lowest BCUT2D eigenvalue weighted by Gasteiger charge is -2.24. The molecule has 0 radical (unpaired) electrons. The topological polar surface area (TPSA) is 79.1 Å². The molecule has 2 heterocycles. The van der Waals surface area contributed by atoms with Crippen molar-refractivity contribution >= 4 is 39.3 Å². The van der Waals surface area contributed by atoms with Crippen molar-refractivity contribution in [2.75, 3.05) is 20.8 Å². The molecule has 4 rings (SSSR count). The molecule has 1 atom stereocenters. The molecule has 0 aliphatic carbocycles. The number of hydrogen-bond donors (Lipinski definition) is 0. The summed E-state index contributed by atoms with van der Waals surface area (Å²) < 4.78 is 18.9. The molecule has 1 aromatic heterocycles. The van der Waals surface area contributed by atoms with Crippen molar-refractivity contribution in [2.24, 2.45) is 4.99 Å². The Morgan fingerprint density at radius 3 is 2.50 bits per heavy atom. The Bertz CT molecular complexity index is 1460. The number of rotatable bonds is 6. The first-order chi connectivity index (χ1) is 16.4. The van der Waals surface area contributed by atoms with E-state index >= 15 is 0 Å². The quantitative estimate of drug-likeness (QED) is 0.445. The number of thiazole rings is 1. The van der Waals surface area contributed by atoms with E-state index in [1.165, 1.54) is 11.3 Å². The van der Waals surface area contributed by atoms with Crippen LogP contribution in [0.3, 0.4) is 0 Å².